The highest BCUT2D eigenvalue weighted by atomic mass is 16.4. The lowest BCUT2D eigenvalue weighted by Gasteiger charge is -2.30. The first-order chi connectivity index (χ1) is 16.0. The van der Waals surface area contributed by atoms with Crippen molar-refractivity contribution in [2.45, 2.75) is 70.1 Å². The van der Waals surface area contributed by atoms with Crippen LogP contribution in [0.25, 0.3) is 0 Å². The lowest BCUT2D eigenvalue weighted by molar-refractivity contribution is -0.146. The third kappa shape index (κ3) is 7.01. The van der Waals surface area contributed by atoms with Crippen LogP contribution >= 0.6 is 0 Å². The van der Waals surface area contributed by atoms with Gasteiger partial charge in [0.05, 0.1) is 18.8 Å². The van der Waals surface area contributed by atoms with Crippen molar-refractivity contribution < 1.29 is 29.1 Å². The van der Waals surface area contributed by atoms with Crippen molar-refractivity contribution in [1.29, 1.82) is 0 Å². The van der Waals surface area contributed by atoms with Crippen LogP contribution < -0.4 is 22.1 Å². The van der Waals surface area contributed by atoms with Crippen LogP contribution in [-0.2, 0) is 30.4 Å². The van der Waals surface area contributed by atoms with Gasteiger partial charge in [-0.3, -0.25) is 19.2 Å². The number of primary amides is 1. The first kappa shape index (κ1) is 26.8. The van der Waals surface area contributed by atoms with Crippen molar-refractivity contribution in [3.63, 3.8) is 0 Å². The normalized spacial score (nSPS) is 19.0. The molecule has 1 saturated heterocycles. The number of hydrogen-bond donors (Lipinski definition) is 6. The molecule has 188 valence electrons. The zero-order chi connectivity index (χ0) is 25.4. The summed E-state index contributed by atoms with van der Waals surface area (Å²) in [5, 5.41) is 14.4. The summed E-state index contributed by atoms with van der Waals surface area (Å²) in [6.45, 7) is 3.73. The van der Waals surface area contributed by atoms with Crippen LogP contribution in [0.4, 0.5) is 0 Å². The largest absolute Gasteiger partial charge is 0.480 e. The van der Waals surface area contributed by atoms with E-state index in [0.29, 0.717) is 25.0 Å². The van der Waals surface area contributed by atoms with E-state index in [4.69, 9.17) is 11.5 Å². The standard InChI is InChI=1S/C21H33N7O6/c1-3-11(2)17(21(33)34)27-19(31)15-5-4-6-28(15)20(32)14(8-16(23)29)26-18(30)13(22)7-12-9-24-10-25-12/h9-11,13-15,17H,3-8,22H2,1-2H3,(H2,23,29)(H,24,25)(H,26,30)(H,27,31)(H,33,34). The summed E-state index contributed by atoms with van der Waals surface area (Å²) in [4.78, 5) is 69.8. The highest BCUT2D eigenvalue weighted by Crippen LogP contribution is 2.20. The molecule has 34 heavy (non-hydrogen) atoms. The number of carbonyl (C=O) groups excluding carboxylic acids is 4. The number of nitrogens with two attached hydrogens (primary N) is 2. The number of carboxylic acid groups (broad SMARTS) is 1. The Labute approximate surface area is 197 Å². The number of aromatic nitrogens is 2. The summed E-state index contributed by atoms with van der Waals surface area (Å²) in [6, 6.07) is -4.36. The topological polar surface area (TPSA) is 214 Å². The number of hydrogen-bond acceptors (Lipinski definition) is 7. The SMILES string of the molecule is CCC(C)C(NC(=O)C1CCCN1C(=O)C(CC(N)=O)NC(=O)C(N)Cc1cnc[nH]1)C(=O)O. The van der Waals surface area contributed by atoms with Crippen LogP contribution in [0.3, 0.4) is 0 Å². The van der Waals surface area contributed by atoms with E-state index in [-0.39, 0.29) is 18.9 Å². The molecule has 2 rings (SSSR count). The number of nitrogens with zero attached hydrogens (tertiary/aromatic N) is 2. The fourth-order valence-electron chi connectivity index (χ4n) is 3.84. The van der Waals surface area contributed by atoms with Crippen molar-refractivity contribution in [3.05, 3.63) is 18.2 Å². The maximum atomic E-state index is 13.2. The van der Waals surface area contributed by atoms with Gasteiger partial charge >= 0.3 is 5.97 Å². The minimum Gasteiger partial charge on any atom is -0.480 e. The fourth-order valence-corrected chi connectivity index (χ4v) is 3.84. The van der Waals surface area contributed by atoms with Crippen molar-refractivity contribution in [2.24, 2.45) is 17.4 Å². The van der Waals surface area contributed by atoms with E-state index >= 15 is 0 Å². The van der Waals surface area contributed by atoms with E-state index < -0.39 is 60.2 Å². The average Bonchev–Trinajstić information content (AvgIpc) is 3.47. The Kier molecular flexibility index (Phi) is 9.54. The minimum absolute atomic E-state index is 0.129. The predicted octanol–water partition coefficient (Wildman–Crippen LogP) is -1.75. The summed E-state index contributed by atoms with van der Waals surface area (Å²) in [5.74, 6) is -4.22. The highest BCUT2D eigenvalue weighted by Gasteiger charge is 2.40. The third-order valence-corrected chi connectivity index (χ3v) is 5.97. The molecular formula is C21H33N7O6. The van der Waals surface area contributed by atoms with Gasteiger partial charge in [-0.1, -0.05) is 20.3 Å². The second-order valence-electron chi connectivity index (χ2n) is 8.52. The lowest BCUT2D eigenvalue weighted by atomic mass is 9.98. The van der Waals surface area contributed by atoms with Crippen LogP contribution in [0.5, 0.6) is 0 Å². The van der Waals surface area contributed by atoms with E-state index in [1.165, 1.54) is 17.4 Å². The van der Waals surface area contributed by atoms with E-state index in [1.807, 2.05) is 6.92 Å². The number of carbonyl (C=O) groups is 5. The van der Waals surface area contributed by atoms with Gasteiger partial charge in [0.2, 0.25) is 23.6 Å². The molecule has 0 bridgehead atoms. The molecule has 0 aliphatic carbocycles. The molecule has 2 heterocycles. The Morgan fingerprint density at radius 2 is 2.00 bits per heavy atom. The van der Waals surface area contributed by atoms with E-state index in [0.717, 1.165) is 0 Å². The number of rotatable bonds is 12. The highest BCUT2D eigenvalue weighted by molar-refractivity contribution is 5.96. The molecule has 5 atom stereocenters. The van der Waals surface area contributed by atoms with Crippen molar-refractivity contribution in [2.75, 3.05) is 6.54 Å². The molecule has 13 heteroatoms. The van der Waals surface area contributed by atoms with Gasteiger partial charge in [0.1, 0.15) is 18.1 Å². The first-order valence-electron chi connectivity index (χ1n) is 11.2. The fraction of sp³-hybridized carbons (Fsp3) is 0.619. The molecule has 4 amide bonds. The smallest absolute Gasteiger partial charge is 0.326 e. The number of H-pyrrole nitrogens is 1. The average molecular weight is 480 g/mol. The van der Waals surface area contributed by atoms with Gasteiger partial charge in [-0.05, 0) is 18.8 Å². The van der Waals surface area contributed by atoms with Crippen molar-refractivity contribution >= 4 is 29.6 Å². The molecule has 1 fully saturated rings. The number of nitrogens with one attached hydrogen (secondary N) is 3. The zero-order valence-corrected chi connectivity index (χ0v) is 19.3. The van der Waals surface area contributed by atoms with E-state index in [2.05, 4.69) is 20.6 Å². The molecule has 0 radical (unpaired) electrons. The third-order valence-electron chi connectivity index (χ3n) is 5.97. The summed E-state index contributed by atoms with van der Waals surface area (Å²) in [7, 11) is 0. The molecule has 1 aliphatic rings. The van der Waals surface area contributed by atoms with Gasteiger partial charge < -0.3 is 37.1 Å². The van der Waals surface area contributed by atoms with Gasteiger partial charge in [-0.15, -0.1) is 0 Å². The molecule has 1 aliphatic heterocycles. The van der Waals surface area contributed by atoms with Gasteiger partial charge in [0.25, 0.3) is 0 Å². The molecule has 5 unspecified atom stereocenters. The number of imidazole rings is 1. The monoisotopic (exact) mass is 479 g/mol. The maximum absolute atomic E-state index is 13.2. The molecule has 13 nitrogen and oxygen atoms in total. The zero-order valence-electron chi connectivity index (χ0n) is 19.3. The van der Waals surface area contributed by atoms with Crippen LogP contribution in [0.15, 0.2) is 12.5 Å². The van der Waals surface area contributed by atoms with Gasteiger partial charge in [-0.2, -0.15) is 0 Å². The number of amides is 4. The second-order valence-corrected chi connectivity index (χ2v) is 8.52. The van der Waals surface area contributed by atoms with E-state index in [1.54, 1.807) is 6.92 Å². The quantitative estimate of drug-likeness (QED) is 0.202. The van der Waals surface area contributed by atoms with Crippen LogP contribution in [-0.4, -0.2) is 80.3 Å². The predicted molar refractivity (Wildman–Crippen MR) is 120 cm³/mol. The van der Waals surface area contributed by atoms with Gasteiger partial charge in [0, 0.05) is 24.9 Å². The first-order valence-corrected chi connectivity index (χ1v) is 11.2. The molecule has 0 aromatic carbocycles. The lowest BCUT2D eigenvalue weighted by Crippen LogP contribution is -2.58. The van der Waals surface area contributed by atoms with Gasteiger partial charge in [0.15, 0.2) is 0 Å². The van der Waals surface area contributed by atoms with E-state index in [9.17, 15) is 29.1 Å². The second kappa shape index (κ2) is 12.1. The minimum atomic E-state index is -1.31. The summed E-state index contributed by atoms with van der Waals surface area (Å²) < 4.78 is 0. The Balaban J connectivity index is 2.11. The van der Waals surface area contributed by atoms with Crippen LogP contribution in [0, 0.1) is 5.92 Å². The number of carboxylic acids is 1. The Hall–Kier alpha value is -3.48. The molecular weight excluding hydrogens is 446 g/mol. The summed E-state index contributed by atoms with van der Waals surface area (Å²) >= 11 is 0. The maximum Gasteiger partial charge on any atom is 0.326 e. The molecule has 0 saturated carbocycles. The Morgan fingerprint density at radius 3 is 2.56 bits per heavy atom. The van der Waals surface area contributed by atoms with Gasteiger partial charge in [-0.25, -0.2) is 9.78 Å². The van der Waals surface area contributed by atoms with Crippen molar-refractivity contribution in [3.8, 4) is 0 Å². The molecule has 8 N–H and O–H groups in total. The van der Waals surface area contributed by atoms with Crippen LogP contribution in [0.2, 0.25) is 0 Å². The number of aromatic amines is 1. The summed E-state index contributed by atoms with van der Waals surface area (Å²) in [6.07, 6.45) is 3.96. The van der Waals surface area contributed by atoms with Crippen LogP contribution in [0.1, 0.15) is 45.2 Å². The Morgan fingerprint density at radius 1 is 1.29 bits per heavy atom. The number of likely N-dealkylation sites (tertiary alicyclic amines) is 1. The number of aliphatic carboxylic acids is 1. The molecule has 1 aromatic rings. The molecule has 0 spiro atoms. The van der Waals surface area contributed by atoms with Crippen molar-refractivity contribution in [1.82, 2.24) is 25.5 Å². The summed E-state index contributed by atoms with van der Waals surface area (Å²) in [5.41, 5.74) is 11.8. The Bertz CT molecular complexity index is 890. The molecule has 1 aromatic heterocycles.